The van der Waals surface area contributed by atoms with E-state index in [0.29, 0.717) is 5.92 Å². The molecule has 0 amide bonds. The second kappa shape index (κ2) is 5.48. The predicted octanol–water partition coefficient (Wildman–Crippen LogP) is 1.61. The van der Waals surface area contributed by atoms with Crippen LogP contribution in [0.15, 0.2) is 0 Å². The standard InChI is InChI=1S/C12H23N3/c1-4-11-9-14-8-7-12(11,10-13)15(5-2)6-3/h11,14H,4-9H2,1-3H3. The van der Waals surface area contributed by atoms with E-state index in [-0.39, 0.29) is 5.54 Å². The van der Waals surface area contributed by atoms with Crippen LogP contribution in [0.4, 0.5) is 0 Å². The van der Waals surface area contributed by atoms with Gasteiger partial charge in [-0.1, -0.05) is 20.8 Å². The minimum absolute atomic E-state index is 0.219. The molecular weight excluding hydrogens is 186 g/mol. The minimum Gasteiger partial charge on any atom is -0.316 e. The van der Waals surface area contributed by atoms with Gasteiger partial charge in [0.2, 0.25) is 0 Å². The Kier molecular flexibility index (Phi) is 4.56. The molecule has 15 heavy (non-hydrogen) atoms. The summed E-state index contributed by atoms with van der Waals surface area (Å²) < 4.78 is 0. The molecule has 1 N–H and O–H groups in total. The SMILES string of the molecule is CCC1CNCCC1(C#N)N(CC)CC. The van der Waals surface area contributed by atoms with Crippen LogP contribution >= 0.6 is 0 Å². The Morgan fingerprint density at radius 3 is 2.53 bits per heavy atom. The van der Waals surface area contributed by atoms with E-state index in [0.717, 1.165) is 39.0 Å². The van der Waals surface area contributed by atoms with E-state index < -0.39 is 0 Å². The van der Waals surface area contributed by atoms with Crippen molar-refractivity contribution in [1.29, 1.82) is 5.26 Å². The highest BCUT2D eigenvalue weighted by Gasteiger charge is 2.43. The Balaban J connectivity index is 2.93. The fourth-order valence-electron chi connectivity index (χ4n) is 2.83. The van der Waals surface area contributed by atoms with Crippen molar-refractivity contribution < 1.29 is 0 Å². The van der Waals surface area contributed by atoms with Gasteiger partial charge >= 0.3 is 0 Å². The summed E-state index contributed by atoms with van der Waals surface area (Å²) in [6.45, 7) is 10.4. The molecule has 0 radical (unpaired) electrons. The first-order chi connectivity index (χ1) is 7.25. The molecule has 0 aliphatic carbocycles. The van der Waals surface area contributed by atoms with Gasteiger partial charge in [-0.2, -0.15) is 5.26 Å². The van der Waals surface area contributed by atoms with Crippen LogP contribution in [0.25, 0.3) is 0 Å². The lowest BCUT2D eigenvalue weighted by molar-refractivity contribution is 0.0600. The molecule has 86 valence electrons. The molecule has 3 heteroatoms. The third kappa shape index (κ3) is 2.16. The Morgan fingerprint density at radius 1 is 1.40 bits per heavy atom. The lowest BCUT2D eigenvalue weighted by Crippen LogP contribution is -2.59. The zero-order chi connectivity index (χ0) is 11.3. The average molecular weight is 209 g/mol. The zero-order valence-corrected chi connectivity index (χ0v) is 10.2. The summed E-state index contributed by atoms with van der Waals surface area (Å²) in [6.07, 6.45) is 2.04. The normalized spacial score (nSPS) is 31.5. The zero-order valence-electron chi connectivity index (χ0n) is 10.2. The van der Waals surface area contributed by atoms with Gasteiger partial charge in [0.25, 0.3) is 0 Å². The van der Waals surface area contributed by atoms with Crippen LogP contribution in [0.1, 0.15) is 33.6 Å². The number of nitriles is 1. The first-order valence-corrected chi connectivity index (χ1v) is 6.12. The van der Waals surface area contributed by atoms with E-state index in [1.807, 2.05) is 0 Å². The Labute approximate surface area is 93.5 Å². The van der Waals surface area contributed by atoms with Crippen LogP contribution in [-0.4, -0.2) is 36.6 Å². The van der Waals surface area contributed by atoms with Gasteiger partial charge in [0.05, 0.1) is 6.07 Å². The van der Waals surface area contributed by atoms with Gasteiger partial charge in [-0.3, -0.25) is 4.90 Å². The molecule has 0 bridgehead atoms. The van der Waals surface area contributed by atoms with E-state index in [9.17, 15) is 5.26 Å². The van der Waals surface area contributed by atoms with Crippen molar-refractivity contribution in [3.8, 4) is 6.07 Å². The topological polar surface area (TPSA) is 39.1 Å². The quantitative estimate of drug-likeness (QED) is 0.764. The van der Waals surface area contributed by atoms with Gasteiger partial charge in [0, 0.05) is 12.5 Å². The number of nitrogens with one attached hydrogen (secondary N) is 1. The van der Waals surface area contributed by atoms with Gasteiger partial charge in [-0.05, 0) is 32.5 Å². The number of rotatable bonds is 4. The molecule has 1 aliphatic heterocycles. The Morgan fingerprint density at radius 2 is 2.07 bits per heavy atom. The summed E-state index contributed by atoms with van der Waals surface area (Å²) in [5.41, 5.74) is -0.219. The molecule has 0 aromatic heterocycles. The fourth-order valence-corrected chi connectivity index (χ4v) is 2.83. The van der Waals surface area contributed by atoms with Crippen LogP contribution in [0, 0.1) is 17.2 Å². The average Bonchev–Trinajstić information content (AvgIpc) is 2.31. The second-order valence-electron chi connectivity index (χ2n) is 4.27. The van der Waals surface area contributed by atoms with Crippen molar-refractivity contribution in [3.63, 3.8) is 0 Å². The highest BCUT2D eigenvalue weighted by atomic mass is 15.2. The lowest BCUT2D eigenvalue weighted by Gasteiger charge is -2.46. The molecule has 2 atom stereocenters. The Bertz CT molecular complexity index is 220. The number of hydrogen-bond donors (Lipinski definition) is 1. The number of piperidine rings is 1. The van der Waals surface area contributed by atoms with Crippen molar-refractivity contribution in [2.45, 2.75) is 39.2 Å². The van der Waals surface area contributed by atoms with Crippen molar-refractivity contribution in [2.75, 3.05) is 26.2 Å². The number of hydrogen-bond acceptors (Lipinski definition) is 3. The van der Waals surface area contributed by atoms with E-state index in [1.54, 1.807) is 0 Å². The van der Waals surface area contributed by atoms with Crippen molar-refractivity contribution in [1.82, 2.24) is 10.2 Å². The van der Waals surface area contributed by atoms with Crippen molar-refractivity contribution in [3.05, 3.63) is 0 Å². The fraction of sp³-hybridized carbons (Fsp3) is 0.917. The first-order valence-electron chi connectivity index (χ1n) is 6.12. The molecule has 0 spiro atoms. The smallest absolute Gasteiger partial charge is 0.114 e. The van der Waals surface area contributed by atoms with E-state index >= 15 is 0 Å². The van der Waals surface area contributed by atoms with Gasteiger partial charge < -0.3 is 5.32 Å². The molecule has 1 rings (SSSR count). The van der Waals surface area contributed by atoms with Crippen molar-refractivity contribution in [2.24, 2.45) is 5.92 Å². The number of nitrogens with zero attached hydrogens (tertiary/aromatic N) is 2. The van der Waals surface area contributed by atoms with Crippen LogP contribution in [0.5, 0.6) is 0 Å². The molecule has 0 aromatic carbocycles. The summed E-state index contributed by atoms with van der Waals surface area (Å²) in [5.74, 6) is 0.469. The lowest BCUT2D eigenvalue weighted by atomic mass is 9.76. The second-order valence-corrected chi connectivity index (χ2v) is 4.27. The maximum absolute atomic E-state index is 9.56. The monoisotopic (exact) mass is 209 g/mol. The summed E-state index contributed by atoms with van der Waals surface area (Å²) in [7, 11) is 0. The van der Waals surface area contributed by atoms with Gasteiger partial charge in [-0.25, -0.2) is 0 Å². The van der Waals surface area contributed by atoms with Crippen LogP contribution < -0.4 is 5.32 Å². The largest absolute Gasteiger partial charge is 0.316 e. The van der Waals surface area contributed by atoms with Gasteiger partial charge in [0.15, 0.2) is 0 Å². The van der Waals surface area contributed by atoms with Crippen LogP contribution in [0.2, 0.25) is 0 Å². The molecule has 1 aliphatic rings. The van der Waals surface area contributed by atoms with Crippen LogP contribution in [0.3, 0.4) is 0 Å². The van der Waals surface area contributed by atoms with Gasteiger partial charge in [-0.15, -0.1) is 0 Å². The molecule has 3 nitrogen and oxygen atoms in total. The molecule has 1 fully saturated rings. The minimum atomic E-state index is -0.219. The van der Waals surface area contributed by atoms with Crippen LogP contribution in [-0.2, 0) is 0 Å². The first kappa shape index (κ1) is 12.5. The maximum atomic E-state index is 9.56. The highest BCUT2D eigenvalue weighted by Crippen LogP contribution is 2.32. The summed E-state index contributed by atoms with van der Waals surface area (Å²) in [4.78, 5) is 2.34. The molecule has 0 aromatic rings. The summed E-state index contributed by atoms with van der Waals surface area (Å²) >= 11 is 0. The molecule has 1 saturated heterocycles. The van der Waals surface area contributed by atoms with E-state index in [1.165, 1.54) is 0 Å². The molecule has 1 heterocycles. The van der Waals surface area contributed by atoms with E-state index in [2.05, 4.69) is 37.1 Å². The highest BCUT2D eigenvalue weighted by molar-refractivity contribution is 5.14. The molecule has 0 saturated carbocycles. The maximum Gasteiger partial charge on any atom is 0.114 e. The third-order valence-electron chi connectivity index (χ3n) is 3.76. The summed E-state index contributed by atoms with van der Waals surface area (Å²) in [5, 5.41) is 13.0. The Hall–Kier alpha value is -0.590. The van der Waals surface area contributed by atoms with E-state index in [4.69, 9.17) is 0 Å². The van der Waals surface area contributed by atoms with Crippen molar-refractivity contribution >= 4 is 0 Å². The predicted molar refractivity (Wildman–Crippen MR) is 62.5 cm³/mol. The summed E-state index contributed by atoms with van der Waals surface area (Å²) in [6, 6.07) is 2.61. The molecule has 2 unspecified atom stereocenters. The third-order valence-corrected chi connectivity index (χ3v) is 3.76. The molecular formula is C12H23N3. The van der Waals surface area contributed by atoms with Gasteiger partial charge in [0.1, 0.15) is 5.54 Å².